The number of aliphatic imine (C=N–C) groups is 1. The van der Waals surface area contributed by atoms with Gasteiger partial charge in [0.05, 0.1) is 6.54 Å². The SMILES string of the molecule is CCN(CC1CCN(C(=NC)NCC(C)c2ccsc2)C1)CC(F)(F)F.I. The van der Waals surface area contributed by atoms with Gasteiger partial charge in [0.15, 0.2) is 5.96 Å². The average molecular weight is 518 g/mol. The van der Waals surface area contributed by atoms with E-state index in [1.54, 1.807) is 25.3 Å². The van der Waals surface area contributed by atoms with Crippen molar-refractivity contribution < 1.29 is 13.2 Å². The number of guanidine groups is 1. The fourth-order valence-electron chi connectivity index (χ4n) is 3.35. The van der Waals surface area contributed by atoms with E-state index in [0.29, 0.717) is 19.0 Å². The largest absolute Gasteiger partial charge is 0.401 e. The molecule has 156 valence electrons. The third kappa shape index (κ3) is 8.15. The molecule has 1 aliphatic heterocycles. The number of alkyl halides is 3. The van der Waals surface area contributed by atoms with Gasteiger partial charge in [-0.25, -0.2) is 0 Å². The Morgan fingerprint density at radius 2 is 2.22 bits per heavy atom. The summed E-state index contributed by atoms with van der Waals surface area (Å²) in [5, 5.41) is 7.64. The van der Waals surface area contributed by atoms with Crippen LogP contribution in [0, 0.1) is 5.92 Å². The van der Waals surface area contributed by atoms with E-state index >= 15 is 0 Å². The zero-order chi connectivity index (χ0) is 19.2. The van der Waals surface area contributed by atoms with Crippen molar-refractivity contribution in [3.8, 4) is 0 Å². The lowest BCUT2D eigenvalue weighted by Gasteiger charge is -2.26. The van der Waals surface area contributed by atoms with Gasteiger partial charge in [0, 0.05) is 33.2 Å². The molecule has 1 fully saturated rings. The molecule has 0 radical (unpaired) electrons. The molecule has 2 unspecified atom stereocenters. The van der Waals surface area contributed by atoms with Crippen LogP contribution in [0.5, 0.6) is 0 Å². The molecule has 1 saturated heterocycles. The summed E-state index contributed by atoms with van der Waals surface area (Å²) < 4.78 is 37.9. The normalized spacial score (nSPS) is 19.3. The Labute approximate surface area is 181 Å². The number of rotatable bonds is 7. The van der Waals surface area contributed by atoms with Crippen LogP contribution in [0.1, 0.15) is 31.7 Å². The van der Waals surface area contributed by atoms with Crippen LogP contribution in [-0.4, -0.2) is 68.3 Å². The highest BCUT2D eigenvalue weighted by molar-refractivity contribution is 14.0. The predicted octanol–water partition coefficient (Wildman–Crippen LogP) is 4.25. The summed E-state index contributed by atoms with van der Waals surface area (Å²) in [5.41, 5.74) is 1.31. The third-order valence-corrected chi connectivity index (χ3v) is 5.54. The van der Waals surface area contributed by atoms with Crippen LogP contribution in [0.3, 0.4) is 0 Å². The van der Waals surface area contributed by atoms with Gasteiger partial charge < -0.3 is 10.2 Å². The predicted molar refractivity (Wildman–Crippen MR) is 117 cm³/mol. The average Bonchev–Trinajstić information content (AvgIpc) is 3.25. The van der Waals surface area contributed by atoms with Crippen molar-refractivity contribution in [1.29, 1.82) is 0 Å². The topological polar surface area (TPSA) is 30.9 Å². The van der Waals surface area contributed by atoms with Crippen LogP contribution in [0.25, 0.3) is 0 Å². The van der Waals surface area contributed by atoms with Crippen molar-refractivity contribution >= 4 is 41.3 Å². The molecule has 2 atom stereocenters. The van der Waals surface area contributed by atoms with Crippen LogP contribution in [-0.2, 0) is 0 Å². The Bertz CT molecular complexity index is 565. The summed E-state index contributed by atoms with van der Waals surface area (Å²) in [6.45, 7) is 6.40. The van der Waals surface area contributed by atoms with Crippen LogP contribution in [0.4, 0.5) is 13.2 Å². The first-order valence-electron chi connectivity index (χ1n) is 9.09. The van der Waals surface area contributed by atoms with E-state index in [-0.39, 0.29) is 29.9 Å². The lowest BCUT2D eigenvalue weighted by molar-refractivity contribution is -0.146. The van der Waals surface area contributed by atoms with E-state index in [1.807, 2.05) is 0 Å². The Morgan fingerprint density at radius 1 is 1.48 bits per heavy atom. The third-order valence-electron chi connectivity index (χ3n) is 4.84. The molecule has 0 bridgehead atoms. The molecule has 1 N–H and O–H groups in total. The van der Waals surface area contributed by atoms with Gasteiger partial charge in [-0.3, -0.25) is 9.89 Å². The van der Waals surface area contributed by atoms with Crippen molar-refractivity contribution in [2.45, 2.75) is 32.4 Å². The van der Waals surface area contributed by atoms with E-state index in [1.165, 1.54) is 10.5 Å². The van der Waals surface area contributed by atoms with Gasteiger partial charge in [0.1, 0.15) is 0 Å². The van der Waals surface area contributed by atoms with Gasteiger partial charge in [-0.05, 0) is 47.2 Å². The molecule has 0 saturated carbocycles. The first kappa shape index (κ1) is 24.5. The molecule has 0 amide bonds. The fraction of sp³-hybridized carbons (Fsp3) is 0.722. The first-order valence-corrected chi connectivity index (χ1v) is 10.0. The second-order valence-corrected chi connectivity index (χ2v) is 7.71. The number of halogens is 4. The minimum absolute atomic E-state index is 0. The molecule has 4 nitrogen and oxygen atoms in total. The molecule has 2 heterocycles. The number of hydrogen-bond acceptors (Lipinski definition) is 3. The molecule has 0 aromatic carbocycles. The van der Waals surface area contributed by atoms with Gasteiger partial charge in [0.25, 0.3) is 0 Å². The lowest BCUT2D eigenvalue weighted by atomic mass is 10.1. The van der Waals surface area contributed by atoms with Crippen molar-refractivity contribution in [3.05, 3.63) is 22.4 Å². The van der Waals surface area contributed by atoms with Crippen molar-refractivity contribution in [2.24, 2.45) is 10.9 Å². The number of nitrogens with zero attached hydrogens (tertiary/aromatic N) is 3. The van der Waals surface area contributed by atoms with Crippen molar-refractivity contribution in [3.63, 3.8) is 0 Å². The van der Waals surface area contributed by atoms with Crippen LogP contribution >= 0.6 is 35.3 Å². The van der Waals surface area contributed by atoms with E-state index in [9.17, 15) is 13.2 Å². The Morgan fingerprint density at radius 3 is 2.78 bits per heavy atom. The summed E-state index contributed by atoms with van der Waals surface area (Å²) in [6, 6.07) is 2.13. The minimum atomic E-state index is -4.14. The molecule has 2 rings (SSSR count). The molecule has 1 aliphatic rings. The van der Waals surface area contributed by atoms with Crippen molar-refractivity contribution in [2.75, 3.05) is 46.3 Å². The van der Waals surface area contributed by atoms with Gasteiger partial charge in [-0.15, -0.1) is 24.0 Å². The number of likely N-dealkylation sites (tertiary alicyclic amines) is 1. The lowest BCUT2D eigenvalue weighted by Crippen LogP contribution is -2.42. The Kier molecular flexibility index (Phi) is 10.4. The summed E-state index contributed by atoms with van der Waals surface area (Å²) in [6.07, 6.45) is -3.24. The zero-order valence-electron chi connectivity index (χ0n) is 16.1. The second kappa shape index (κ2) is 11.5. The molecule has 9 heteroatoms. The van der Waals surface area contributed by atoms with Gasteiger partial charge >= 0.3 is 6.18 Å². The van der Waals surface area contributed by atoms with Gasteiger partial charge in [0.2, 0.25) is 0 Å². The van der Waals surface area contributed by atoms with E-state index in [2.05, 4.69) is 39.0 Å². The number of hydrogen-bond donors (Lipinski definition) is 1. The molecule has 27 heavy (non-hydrogen) atoms. The second-order valence-electron chi connectivity index (χ2n) is 6.93. The highest BCUT2D eigenvalue weighted by Crippen LogP contribution is 2.22. The smallest absolute Gasteiger partial charge is 0.356 e. The summed E-state index contributed by atoms with van der Waals surface area (Å²) in [7, 11) is 1.76. The highest BCUT2D eigenvalue weighted by Gasteiger charge is 2.33. The van der Waals surface area contributed by atoms with Crippen LogP contribution in [0.2, 0.25) is 0 Å². The molecule has 0 aliphatic carbocycles. The maximum absolute atomic E-state index is 12.6. The zero-order valence-corrected chi connectivity index (χ0v) is 19.3. The highest BCUT2D eigenvalue weighted by atomic mass is 127. The molecular formula is C18H30F3IN4S. The standard InChI is InChI=1S/C18H29F3N4S.HI/c1-4-24(13-18(19,20)21)10-15-5-7-25(11-15)17(22-3)23-9-14(2)16-6-8-26-12-16;/h6,8,12,14-15H,4-5,7,9-11,13H2,1-3H3,(H,22,23);1H. The Hall–Kier alpha value is -0.550. The van der Waals surface area contributed by atoms with E-state index in [0.717, 1.165) is 32.0 Å². The molecule has 0 spiro atoms. The number of thiophene rings is 1. The monoisotopic (exact) mass is 518 g/mol. The quantitative estimate of drug-likeness (QED) is 0.333. The van der Waals surface area contributed by atoms with E-state index in [4.69, 9.17) is 0 Å². The minimum Gasteiger partial charge on any atom is -0.356 e. The van der Waals surface area contributed by atoms with Gasteiger partial charge in [-0.2, -0.15) is 24.5 Å². The number of nitrogens with one attached hydrogen (secondary N) is 1. The van der Waals surface area contributed by atoms with Crippen molar-refractivity contribution in [1.82, 2.24) is 15.1 Å². The first-order chi connectivity index (χ1) is 12.3. The molecule has 1 aromatic rings. The van der Waals surface area contributed by atoms with Gasteiger partial charge in [-0.1, -0.05) is 13.8 Å². The van der Waals surface area contributed by atoms with Crippen LogP contribution < -0.4 is 5.32 Å². The maximum Gasteiger partial charge on any atom is 0.401 e. The summed E-state index contributed by atoms with van der Waals surface area (Å²) >= 11 is 1.69. The molecule has 1 aromatic heterocycles. The summed E-state index contributed by atoms with van der Waals surface area (Å²) in [5.74, 6) is 1.47. The van der Waals surface area contributed by atoms with E-state index < -0.39 is 12.7 Å². The summed E-state index contributed by atoms with van der Waals surface area (Å²) in [4.78, 5) is 8.01. The fourth-order valence-corrected chi connectivity index (χ4v) is 4.13. The molecular weight excluding hydrogens is 488 g/mol. The van der Waals surface area contributed by atoms with Crippen LogP contribution in [0.15, 0.2) is 21.8 Å². The Balaban J connectivity index is 0.00000364. The maximum atomic E-state index is 12.6.